The van der Waals surface area contributed by atoms with Gasteiger partial charge in [0.05, 0.1) is 11.2 Å². The number of nitrogens with one attached hydrogen (secondary N) is 1. The Labute approximate surface area is 183 Å². The number of halogens is 2. The summed E-state index contributed by atoms with van der Waals surface area (Å²) in [4.78, 5) is 26.8. The fourth-order valence-corrected chi connectivity index (χ4v) is 4.44. The van der Waals surface area contributed by atoms with Crippen LogP contribution in [-0.4, -0.2) is 42.3 Å². The highest BCUT2D eigenvalue weighted by atomic mass is 19.1. The lowest BCUT2D eigenvalue weighted by atomic mass is 10.0. The molecule has 0 amide bonds. The van der Waals surface area contributed by atoms with E-state index < -0.39 is 28.6 Å². The van der Waals surface area contributed by atoms with Crippen molar-refractivity contribution in [3.05, 3.63) is 76.1 Å². The van der Waals surface area contributed by atoms with Gasteiger partial charge in [0, 0.05) is 42.0 Å². The smallest absolute Gasteiger partial charge is 0.341 e. The van der Waals surface area contributed by atoms with Gasteiger partial charge in [0.2, 0.25) is 5.43 Å². The molecular formula is C24H23F2N3O3. The number of rotatable bonds is 6. The number of aromatic carboxylic acids is 1. The predicted molar refractivity (Wildman–Crippen MR) is 121 cm³/mol. The number of carboxylic acid groups (broad SMARTS) is 1. The number of pyridine rings is 1. The predicted octanol–water partition coefficient (Wildman–Crippen LogP) is 3.66. The van der Waals surface area contributed by atoms with Crippen molar-refractivity contribution in [3.8, 4) is 5.69 Å². The number of fused-ring (bicyclic) bond motifs is 1. The number of carbonyl (C=O) groups is 1. The Morgan fingerprint density at radius 1 is 1.28 bits per heavy atom. The maximum Gasteiger partial charge on any atom is 0.341 e. The van der Waals surface area contributed by atoms with E-state index in [9.17, 15) is 23.5 Å². The lowest BCUT2D eigenvalue weighted by Gasteiger charge is -2.24. The van der Waals surface area contributed by atoms with E-state index in [0.717, 1.165) is 50.1 Å². The third-order valence-electron chi connectivity index (χ3n) is 5.91. The summed E-state index contributed by atoms with van der Waals surface area (Å²) in [5.74, 6) is -2.60. The van der Waals surface area contributed by atoms with Crippen molar-refractivity contribution >= 4 is 28.6 Å². The minimum absolute atomic E-state index is 0.0615. The fraction of sp³-hybridized carbons (Fsp3) is 0.250. The summed E-state index contributed by atoms with van der Waals surface area (Å²) in [5, 5.41) is 12.9. The van der Waals surface area contributed by atoms with Crippen LogP contribution in [0.2, 0.25) is 0 Å². The molecule has 6 nitrogen and oxygen atoms in total. The summed E-state index contributed by atoms with van der Waals surface area (Å²) in [6.07, 6.45) is 3.67. The first-order valence-corrected chi connectivity index (χ1v) is 10.3. The maximum atomic E-state index is 14.7. The van der Waals surface area contributed by atoms with E-state index >= 15 is 0 Å². The van der Waals surface area contributed by atoms with Crippen LogP contribution in [0.1, 0.15) is 22.3 Å². The molecular weight excluding hydrogens is 416 g/mol. The van der Waals surface area contributed by atoms with E-state index in [1.807, 2.05) is 7.05 Å². The Balaban J connectivity index is 2.02. The van der Waals surface area contributed by atoms with Crippen LogP contribution in [0.5, 0.6) is 0 Å². The monoisotopic (exact) mass is 439 g/mol. The van der Waals surface area contributed by atoms with Crippen molar-refractivity contribution < 1.29 is 18.7 Å². The standard InChI is InChI=1S/C24H23F2N3O3/c1-3-16-20(28-9-8-14(12-28)11-27-2)7-5-17-22(16)29(13-18(23(17)30)24(31)32)21-6-4-15(25)10-19(21)26/h3-7,10,13-14,27H,1,8-9,11-12H2,2H3,(H,31,32). The molecule has 2 aromatic carbocycles. The Kier molecular flexibility index (Phi) is 5.80. The number of carboxylic acids is 1. The van der Waals surface area contributed by atoms with Crippen LogP contribution in [0.15, 0.2) is 47.9 Å². The Morgan fingerprint density at radius 3 is 2.69 bits per heavy atom. The van der Waals surface area contributed by atoms with Crippen LogP contribution in [0.25, 0.3) is 22.7 Å². The first-order valence-electron chi connectivity index (χ1n) is 10.3. The molecule has 1 unspecified atom stereocenters. The molecule has 3 aromatic rings. The number of anilines is 1. The summed E-state index contributed by atoms with van der Waals surface area (Å²) in [5.41, 5.74) is 0.508. The topological polar surface area (TPSA) is 74.6 Å². The molecule has 0 bridgehead atoms. The van der Waals surface area contributed by atoms with Crippen molar-refractivity contribution in [2.75, 3.05) is 31.6 Å². The SMILES string of the molecule is C=Cc1c(N2CCC(CNC)C2)ccc2c(=O)c(C(=O)O)cn(-c3ccc(F)cc3F)c12. The van der Waals surface area contributed by atoms with Gasteiger partial charge in [-0.15, -0.1) is 0 Å². The maximum absolute atomic E-state index is 14.7. The molecule has 1 fully saturated rings. The van der Waals surface area contributed by atoms with Crippen LogP contribution < -0.4 is 15.6 Å². The van der Waals surface area contributed by atoms with Gasteiger partial charge in [-0.05, 0) is 50.2 Å². The molecule has 1 atom stereocenters. The number of hydrogen-bond donors (Lipinski definition) is 2. The molecule has 0 aliphatic carbocycles. The van der Waals surface area contributed by atoms with Gasteiger partial charge in [0.25, 0.3) is 0 Å². The van der Waals surface area contributed by atoms with Crippen LogP contribution in [-0.2, 0) is 0 Å². The molecule has 2 N–H and O–H groups in total. The van der Waals surface area contributed by atoms with Gasteiger partial charge in [-0.3, -0.25) is 4.79 Å². The molecule has 2 heterocycles. The zero-order valence-electron chi connectivity index (χ0n) is 17.6. The van der Waals surface area contributed by atoms with Gasteiger partial charge >= 0.3 is 5.97 Å². The van der Waals surface area contributed by atoms with E-state index in [1.54, 1.807) is 18.2 Å². The Morgan fingerprint density at radius 2 is 2.03 bits per heavy atom. The van der Waals surface area contributed by atoms with Gasteiger partial charge < -0.3 is 19.9 Å². The summed E-state index contributed by atoms with van der Waals surface area (Å²) < 4.78 is 29.6. The molecule has 1 aliphatic heterocycles. The highest BCUT2D eigenvalue weighted by Gasteiger charge is 2.26. The Hall–Kier alpha value is -3.52. The van der Waals surface area contributed by atoms with Gasteiger partial charge in [0.1, 0.15) is 17.2 Å². The lowest BCUT2D eigenvalue weighted by Crippen LogP contribution is -2.25. The zero-order valence-corrected chi connectivity index (χ0v) is 17.6. The van der Waals surface area contributed by atoms with Gasteiger partial charge in [-0.1, -0.05) is 12.7 Å². The minimum Gasteiger partial charge on any atom is -0.477 e. The second-order valence-corrected chi connectivity index (χ2v) is 7.90. The van der Waals surface area contributed by atoms with E-state index in [2.05, 4.69) is 16.8 Å². The van der Waals surface area contributed by atoms with Crippen LogP contribution in [0, 0.1) is 17.6 Å². The molecule has 1 aliphatic rings. The van der Waals surface area contributed by atoms with Crippen LogP contribution in [0.3, 0.4) is 0 Å². The zero-order chi connectivity index (χ0) is 23.0. The van der Waals surface area contributed by atoms with Crippen LogP contribution >= 0.6 is 0 Å². The van der Waals surface area contributed by atoms with Crippen molar-refractivity contribution in [1.82, 2.24) is 9.88 Å². The third kappa shape index (κ3) is 3.67. The molecule has 0 radical (unpaired) electrons. The normalized spacial score (nSPS) is 16.0. The number of aromatic nitrogens is 1. The van der Waals surface area contributed by atoms with E-state index in [4.69, 9.17) is 0 Å². The summed E-state index contributed by atoms with van der Waals surface area (Å²) >= 11 is 0. The first-order chi connectivity index (χ1) is 15.3. The second kappa shape index (κ2) is 8.55. The molecule has 1 saturated heterocycles. The van der Waals surface area contributed by atoms with Gasteiger partial charge in [-0.2, -0.15) is 0 Å². The molecule has 32 heavy (non-hydrogen) atoms. The average molecular weight is 439 g/mol. The quantitative estimate of drug-likeness (QED) is 0.613. The van der Waals surface area contributed by atoms with Crippen molar-refractivity contribution in [2.24, 2.45) is 5.92 Å². The molecule has 0 spiro atoms. The molecule has 8 heteroatoms. The van der Waals surface area contributed by atoms with Gasteiger partial charge in [-0.25, -0.2) is 13.6 Å². The minimum atomic E-state index is -1.42. The van der Waals surface area contributed by atoms with E-state index in [0.29, 0.717) is 17.0 Å². The molecule has 166 valence electrons. The molecule has 0 saturated carbocycles. The van der Waals surface area contributed by atoms with E-state index in [-0.39, 0.29) is 11.1 Å². The number of hydrogen-bond acceptors (Lipinski definition) is 4. The number of benzene rings is 2. The van der Waals surface area contributed by atoms with Crippen molar-refractivity contribution in [1.29, 1.82) is 0 Å². The fourth-order valence-electron chi connectivity index (χ4n) is 4.44. The highest BCUT2D eigenvalue weighted by molar-refractivity contribution is 5.98. The summed E-state index contributed by atoms with van der Waals surface area (Å²) in [7, 11) is 1.91. The second-order valence-electron chi connectivity index (χ2n) is 7.90. The summed E-state index contributed by atoms with van der Waals surface area (Å²) in [6.45, 7) is 6.39. The van der Waals surface area contributed by atoms with Crippen molar-refractivity contribution in [2.45, 2.75) is 6.42 Å². The highest BCUT2D eigenvalue weighted by Crippen LogP contribution is 2.34. The average Bonchev–Trinajstić information content (AvgIpc) is 3.22. The van der Waals surface area contributed by atoms with E-state index in [1.165, 1.54) is 10.6 Å². The number of nitrogens with zero attached hydrogens (tertiary/aromatic N) is 2. The first kappa shape index (κ1) is 21.7. The third-order valence-corrected chi connectivity index (χ3v) is 5.91. The van der Waals surface area contributed by atoms with Crippen molar-refractivity contribution in [3.63, 3.8) is 0 Å². The lowest BCUT2D eigenvalue weighted by molar-refractivity contribution is 0.0695. The van der Waals surface area contributed by atoms with Crippen LogP contribution in [0.4, 0.5) is 14.5 Å². The summed E-state index contributed by atoms with van der Waals surface area (Å²) in [6, 6.07) is 6.37. The molecule has 4 rings (SSSR count). The molecule has 1 aromatic heterocycles. The Bertz CT molecular complexity index is 1290. The van der Waals surface area contributed by atoms with Gasteiger partial charge in [0.15, 0.2) is 0 Å². The largest absolute Gasteiger partial charge is 0.477 e.